The van der Waals surface area contributed by atoms with E-state index in [0.29, 0.717) is 12.6 Å². The molecule has 1 aromatic carbocycles. The van der Waals surface area contributed by atoms with Crippen LogP contribution in [0.25, 0.3) is 22.7 Å². The van der Waals surface area contributed by atoms with E-state index in [4.69, 9.17) is 24.2 Å². The number of anilines is 1. The average Bonchev–Trinajstić information content (AvgIpc) is 3.56. The van der Waals surface area contributed by atoms with Gasteiger partial charge in [0.15, 0.2) is 23.7 Å². The zero-order valence-electron chi connectivity index (χ0n) is 21.2. The lowest BCUT2D eigenvalue weighted by atomic mass is 9.79. The summed E-state index contributed by atoms with van der Waals surface area (Å²) in [6, 6.07) is 4.23. The molecule has 3 aliphatic rings. The van der Waals surface area contributed by atoms with Crippen molar-refractivity contribution in [3.8, 4) is 22.7 Å². The SMILES string of the molecule is O=C(O)C(F)(F)F.[2H]C([2H])([2H])c1ccc(S(=O)(=O)NC23CNC(C2)C3)cc1-c1cnc(N)c(-c2cnco2)n1. The van der Waals surface area contributed by atoms with E-state index in [-0.39, 0.29) is 39.0 Å². The number of aliphatic carboxylic acids is 1. The minimum absolute atomic E-state index is 0.0509. The molecule has 4 heterocycles. The number of rotatable bonds is 5. The number of benzene rings is 1. The maximum atomic E-state index is 13.1. The normalized spacial score (nSPS) is 22.4. The van der Waals surface area contributed by atoms with Gasteiger partial charge in [-0.3, -0.25) is 0 Å². The lowest BCUT2D eigenvalue weighted by Gasteiger charge is -2.37. The van der Waals surface area contributed by atoms with Crippen molar-refractivity contribution in [1.29, 1.82) is 0 Å². The van der Waals surface area contributed by atoms with Crippen molar-refractivity contribution in [2.75, 3.05) is 12.3 Å². The number of carbonyl (C=O) groups is 1. The summed E-state index contributed by atoms with van der Waals surface area (Å²) in [5.41, 5.74) is 5.81. The highest BCUT2D eigenvalue weighted by Gasteiger charge is 2.52. The quantitative estimate of drug-likeness (QED) is 0.383. The average molecular weight is 530 g/mol. The number of carboxylic acids is 1. The van der Waals surface area contributed by atoms with Gasteiger partial charge in [-0.05, 0) is 37.4 Å². The Kier molecular flexibility index (Phi) is 5.51. The molecule has 0 unspecified atom stereocenters. The van der Waals surface area contributed by atoms with Crippen LogP contribution in [0.1, 0.15) is 22.5 Å². The number of oxazole rings is 1. The number of nitrogen functional groups attached to an aromatic ring is 1. The molecule has 15 heteroatoms. The summed E-state index contributed by atoms with van der Waals surface area (Å²) in [6.07, 6.45) is 0.297. The number of halogens is 3. The molecule has 2 aromatic heterocycles. The number of carboxylic acid groups (broad SMARTS) is 1. The summed E-state index contributed by atoms with van der Waals surface area (Å²) in [5.74, 6) is -2.43. The monoisotopic (exact) mass is 529 g/mol. The van der Waals surface area contributed by atoms with Crippen molar-refractivity contribution in [2.45, 2.75) is 42.3 Å². The highest BCUT2D eigenvalue weighted by Crippen LogP contribution is 2.39. The fraction of sp³-hybridized carbons (Fsp3) is 0.333. The van der Waals surface area contributed by atoms with Gasteiger partial charge in [0.05, 0.1) is 23.0 Å². The van der Waals surface area contributed by atoms with Crippen molar-refractivity contribution >= 4 is 21.8 Å². The summed E-state index contributed by atoms with van der Waals surface area (Å²) >= 11 is 0. The Morgan fingerprint density at radius 2 is 2.08 bits per heavy atom. The molecule has 2 saturated heterocycles. The van der Waals surface area contributed by atoms with E-state index in [9.17, 15) is 21.6 Å². The zero-order valence-corrected chi connectivity index (χ0v) is 19.0. The number of aromatic nitrogens is 3. The summed E-state index contributed by atoms with van der Waals surface area (Å²) in [6.45, 7) is -1.93. The van der Waals surface area contributed by atoms with Crippen LogP contribution in [0.2, 0.25) is 0 Å². The van der Waals surface area contributed by atoms with Gasteiger partial charge in [0, 0.05) is 27.8 Å². The number of sulfonamides is 1. The minimum atomic E-state index is -5.08. The second-order valence-electron chi connectivity index (χ2n) is 8.24. The fourth-order valence-corrected chi connectivity index (χ4v) is 5.37. The number of hydrogen-bond acceptors (Lipinski definition) is 9. The number of nitrogens with one attached hydrogen (secondary N) is 2. The number of aryl methyl sites for hydroxylation is 1. The second kappa shape index (κ2) is 9.15. The summed E-state index contributed by atoms with van der Waals surface area (Å²) in [5, 5.41) is 10.4. The van der Waals surface area contributed by atoms with Crippen molar-refractivity contribution in [3.05, 3.63) is 42.5 Å². The number of fused-ring (bicyclic) bond motifs is 1. The van der Waals surface area contributed by atoms with Gasteiger partial charge in [-0.25, -0.2) is 32.9 Å². The van der Waals surface area contributed by atoms with Crippen LogP contribution >= 0.6 is 0 Å². The maximum absolute atomic E-state index is 13.1. The summed E-state index contributed by atoms with van der Waals surface area (Å²) in [7, 11) is -3.89. The van der Waals surface area contributed by atoms with Crippen molar-refractivity contribution in [2.24, 2.45) is 0 Å². The van der Waals surface area contributed by atoms with Crippen LogP contribution in [-0.2, 0) is 14.8 Å². The molecule has 5 N–H and O–H groups in total. The van der Waals surface area contributed by atoms with Crippen LogP contribution in [0.5, 0.6) is 0 Å². The first-order chi connectivity index (χ1) is 18.0. The van der Waals surface area contributed by atoms with E-state index >= 15 is 0 Å². The van der Waals surface area contributed by atoms with E-state index in [2.05, 4.69) is 25.0 Å². The molecule has 192 valence electrons. The molecule has 6 rings (SSSR count). The topological polar surface area (TPSA) is 173 Å². The van der Waals surface area contributed by atoms with Crippen molar-refractivity contribution < 1.29 is 40.0 Å². The predicted molar refractivity (Wildman–Crippen MR) is 120 cm³/mol. The Bertz CT molecular complexity index is 1490. The number of nitrogens with two attached hydrogens (primary N) is 1. The van der Waals surface area contributed by atoms with Crippen LogP contribution in [0.3, 0.4) is 0 Å². The largest absolute Gasteiger partial charge is 0.490 e. The van der Waals surface area contributed by atoms with Gasteiger partial charge < -0.3 is 20.6 Å². The molecule has 0 amide bonds. The lowest BCUT2D eigenvalue weighted by Crippen LogP contribution is -2.54. The molecule has 11 nitrogen and oxygen atoms in total. The molecule has 3 aromatic rings. The minimum Gasteiger partial charge on any atom is -0.475 e. The maximum Gasteiger partial charge on any atom is 0.490 e. The summed E-state index contributed by atoms with van der Waals surface area (Å²) in [4.78, 5) is 21.2. The highest BCUT2D eigenvalue weighted by atomic mass is 32.2. The third-order valence-electron chi connectivity index (χ3n) is 5.64. The van der Waals surface area contributed by atoms with Crippen LogP contribution < -0.4 is 15.8 Å². The van der Waals surface area contributed by atoms with Crippen molar-refractivity contribution in [1.82, 2.24) is 25.0 Å². The third-order valence-corrected chi connectivity index (χ3v) is 7.22. The molecule has 2 aliphatic heterocycles. The van der Waals surface area contributed by atoms with Gasteiger partial charge >= 0.3 is 12.1 Å². The van der Waals surface area contributed by atoms with Crippen molar-refractivity contribution in [3.63, 3.8) is 0 Å². The first kappa shape index (κ1) is 21.7. The van der Waals surface area contributed by atoms with Gasteiger partial charge in [-0.1, -0.05) is 6.07 Å². The number of alkyl halides is 3. The molecule has 1 aliphatic carbocycles. The Balaban J connectivity index is 0.000000448. The molecule has 1 saturated carbocycles. The van der Waals surface area contributed by atoms with E-state index < -0.39 is 34.6 Å². The smallest absolute Gasteiger partial charge is 0.475 e. The molecule has 36 heavy (non-hydrogen) atoms. The van der Waals surface area contributed by atoms with E-state index in [1.54, 1.807) is 0 Å². The molecular formula is C21H21F3N6O5S. The predicted octanol–water partition coefficient (Wildman–Crippen LogP) is 2.11. The Morgan fingerprint density at radius 3 is 2.64 bits per heavy atom. The Morgan fingerprint density at radius 1 is 1.36 bits per heavy atom. The number of hydrogen-bond donors (Lipinski definition) is 4. The molecule has 0 atom stereocenters. The molecule has 0 radical (unpaired) electrons. The second-order valence-corrected chi connectivity index (χ2v) is 9.92. The van der Waals surface area contributed by atoms with E-state index in [1.165, 1.54) is 37.0 Å². The zero-order chi connectivity index (χ0) is 28.8. The highest BCUT2D eigenvalue weighted by molar-refractivity contribution is 7.89. The van der Waals surface area contributed by atoms with Crippen LogP contribution in [0, 0.1) is 6.85 Å². The van der Waals surface area contributed by atoms with Gasteiger partial charge in [0.1, 0.15) is 0 Å². The molecule has 2 bridgehead atoms. The third kappa shape index (κ3) is 5.17. The Hall–Kier alpha value is -3.56. The fourth-order valence-electron chi connectivity index (χ4n) is 3.92. The van der Waals surface area contributed by atoms with E-state index in [0.717, 1.165) is 12.8 Å². The van der Waals surface area contributed by atoms with Gasteiger partial charge in [-0.15, -0.1) is 0 Å². The molecule has 3 fully saturated rings. The Labute approximate surface area is 207 Å². The lowest BCUT2D eigenvalue weighted by molar-refractivity contribution is -0.192. The van der Waals surface area contributed by atoms with Gasteiger partial charge in [0.25, 0.3) is 0 Å². The van der Waals surface area contributed by atoms with Crippen LogP contribution in [-0.4, -0.2) is 58.7 Å². The van der Waals surface area contributed by atoms with Crippen LogP contribution in [0.15, 0.2) is 46.3 Å². The number of nitrogens with zero attached hydrogens (tertiary/aromatic N) is 3. The van der Waals surface area contributed by atoms with Gasteiger partial charge in [0.2, 0.25) is 10.0 Å². The summed E-state index contributed by atoms with van der Waals surface area (Å²) < 4.78 is 89.7. The first-order valence-corrected chi connectivity index (χ1v) is 11.7. The molecular weight excluding hydrogens is 505 g/mol. The van der Waals surface area contributed by atoms with E-state index in [1.807, 2.05) is 0 Å². The van der Waals surface area contributed by atoms with Crippen LogP contribution in [0.4, 0.5) is 19.0 Å². The van der Waals surface area contributed by atoms with Gasteiger partial charge in [-0.2, -0.15) is 13.2 Å². The standard InChI is InChI=1S/C19H20N6O3S.C2HF3O2/c1-11-2-3-13(29(26,27)25-19-5-12(6-19)23-9-19)4-14(11)15-7-22-18(20)17(24-15)16-8-21-10-28-16;3-2(4,5)1(6)7/h2-4,7-8,10,12,23,25H,5-6,9H2,1H3,(H2,20,22);(H,6,7)/i1D3;. The first-order valence-electron chi connectivity index (χ1n) is 11.7. The molecule has 0 spiro atoms.